The summed E-state index contributed by atoms with van der Waals surface area (Å²) < 4.78 is 0. The maximum atomic E-state index is 11.1. The number of hydrogen-bond acceptors (Lipinski definition) is 2. The number of primary amides is 1. The first-order chi connectivity index (χ1) is 9.15. The van der Waals surface area contributed by atoms with E-state index in [-0.39, 0.29) is 0 Å². The summed E-state index contributed by atoms with van der Waals surface area (Å²) in [5, 5.41) is 4.04. The third-order valence-corrected chi connectivity index (χ3v) is 3.03. The highest BCUT2D eigenvalue weighted by molar-refractivity contribution is 6.30. The van der Waals surface area contributed by atoms with Gasteiger partial charge in [0.2, 0.25) is 5.91 Å². The minimum Gasteiger partial charge on any atom is -0.366 e. The summed E-state index contributed by atoms with van der Waals surface area (Å²) in [7, 11) is 0. The van der Waals surface area contributed by atoms with Crippen LogP contribution in [0.4, 0.5) is 0 Å². The molecule has 0 fully saturated rings. The third kappa shape index (κ3) is 4.09. The number of hydrogen-bond donors (Lipinski definition) is 2. The van der Waals surface area contributed by atoms with Crippen LogP contribution in [-0.2, 0) is 13.1 Å². The lowest BCUT2D eigenvalue weighted by Gasteiger charge is -2.06. The van der Waals surface area contributed by atoms with Gasteiger partial charge in [0.05, 0.1) is 0 Å². The first kappa shape index (κ1) is 13.6. The highest BCUT2D eigenvalue weighted by Crippen LogP contribution is 2.10. The molecule has 2 aromatic rings. The Morgan fingerprint density at radius 2 is 1.74 bits per heavy atom. The molecule has 19 heavy (non-hydrogen) atoms. The van der Waals surface area contributed by atoms with Crippen LogP contribution in [0.5, 0.6) is 0 Å². The molecule has 1 amide bonds. The summed E-state index contributed by atoms with van der Waals surface area (Å²) in [6.45, 7) is 1.43. The van der Waals surface area contributed by atoms with Crippen molar-refractivity contribution in [1.82, 2.24) is 5.32 Å². The van der Waals surface area contributed by atoms with E-state index in [4.69, 9.17) is 17.3 Å². The van der Waals surface area contributed by atoms with E-state index >= 15 is 0 Å². The molecule has 4 heteroatoms. The molecule has 0 aliphatic carbocycles. The number of rotatable bonds is 5. The van der Waals surface area contributed by atoms with Gasteiger partial charge in [0, 0.05) is 23.7 Å². The molecule has 0 aliphatic rings. The van der Waals surface area contributed by atoms with Crippen LogP contribution in [0.25, 0.3) is 0 Å². The Balaban J connectivity index is 1.90. The Hall–Kier alpha value is -1.84. The highest BCUT2D eigenvalue weighted by atomic mass is 35.5. The first-order valence-electron chi connectivity index (χ1n) is 5.99. The second kappa shape index (κ2) is 6.36. The van der Waals surface area contributed by atoms with Crippen LogP contribution >= 0.6 is 11.6 Å². The lowest BCUT2D eigenvalue weighted by Crippen LogP contribution is -2.14. The number of nitrogens with two attached hydrogens (primary N) is 1. The number of benzene rings is 2. The van der Waals surface area contributed by atoms with Crippen LogP contribution in [0.1, 0.15) is 21.5 Å². The van der Waals surface area contributed by atoms with E-state index < -0.39 is 5.91 Å². The lowest BCUT2D eigenvalue weighted by atomic mass is 10.1. The smallest absolute Gasteiger partial charge is 0.248 e. The van der Waals surface area contributed by atoms with E-state index in [1.54, 1.807) is 12.1 Å². The van der Waals surface area contributed by atoms with E-state index in [9.17, 15) is 4.79 Å². The van der Waals surface area contributed by atoms with E-state index in [1.807, 2.05) is 36.4 Å². The molecule has 2 aromatic carbocycles. The van der Waals surface area contributed by atoms with Crippen molar-refractivity contribution >= 4 is 17.5 Å². The maximum Gasteiger partial charge on any atom is 0.248 e. The van der Waals surface area contributed by atoms with Gasteiger partial charge < -0.3 is 11.1 Å². The lowest BCUT2D eigenvalue weighted by molar-refractivity contribution is 0.1000. The number of halogens is 1. The fourth-order valence-corrected chi connectivity index (χ4v) is 1.91. The Labute approximate surface area is 117 Å². The van der Waals surface area contributed by atoms with Crippen LogP contribution in [0.2, 0.25) is 5.02 Å². The molecule has 98 valence electrons. The van der Waals surface area contributed by atoms with Gasteiger partial charge in [-0.05, 0) is 35.4 Å². The Morgan fingerprint density at radius 3 is 2.42 bits per heavy atom. The Bertz CT molecular complexity index is 567. The van der Waals surface area contributed by atoms with E-state index in [0.717, 1.165) is 22.7 Å². The molecule has 2 rings (SSSR count). The van der Waals surface area contributed by atoms with Crippen molar-refractivity contribution in [2.24, 2.45) is 5.73 Å². The van der Waals surface area contributed by atoms with Gasteiger partial charge >= 0.3 is 0 Å². The molecule has 0 aromatic heterocycles. The average Bonchev–Trinajstić information content (AvgIpc) is 2.41. The predicted octanol–water partition coefficient (Wildman–Crippen LogP) is 2.73. The van der Waals surface area contributed by atoms with Gasteiger partial charge in [0.25, 0.3) is 0 Å². The van der Waals surface area contributed by atoms with Gasteiger partial charge in [0.1, 0.15) is 0 Å². The molecule has 0 heterocycles. The van der Waals surface area contributed by atoms with Crippen LogP contribution in [0.3, 0.4) is 0 Å². The fourth-order valence-electron chi connectivity index (χ4n) is 1.79. The predicted molar refractivity (Wildman–Crippen MR) is 77.0 cm³/mol. The minimum atomic E-state index is -0.403. The van der Waals surface area contributed by atoms with Crippen LogP contribution < -0.4 is 11.1 Å². The maximum absolute atomic E-state index is 11.1. The summed E-state index contributed by atoms with van der Waals surface area (Å²) in [4.78, 5) is 11.1. The van der Waals surface area contributed by atoms with E-state index in [0.29, 0.717) is 12.1 Å². The average molecular weight is 275 g/mol. The molecule has 0 unspecified atom stereocenters. The highest BCUT2D eigenvalue weighted by Gasteiger charge is 2.01. The monoisotopic (exact) mass is 274 g/mol. The van der Waals surface area contributed by atoms with Gasteiger partial charge in [-0.15, -0.1) is 0 Å². The van der Waals surface area contributed by atoms with Gasteiger partial charge in [-0.3, -0.25) is 4.79 Å². The second-order valence-corrected chi connectivity index (χ2v) is 4.73. The van der Waals surface area contributed by atoms with Crippen molar-refractivity contribution in [3.63, 3.8) is 0 Å². The van der Waals surface area contributed by atoms with Crippen LogP contribution in [0.15, 0.2) is 48.5 Å². The summed E-state index contributed by atoms with van der Waals surface area (Å²) in [5.41, 5.74) is 7.97. The number of carbonyl (C=O) groups is 1. The Morgan fingerprint density at radius 1 is 1.05 bits per heavy atom. The third-order valence-electron chi connectivity index (χ3n) is 2.78. The minimum absolute atomic E-state index is 0.403. The van der Waals surface area contributed by atoms with Crippen LogP contribution in [-0.4, -0.2) is 5.91 Å². The number of amides is 1. The standard InChI is InChI=1S/C15H15ClN2O/c16-14-6-4-11(5-7-14)9-18-10-12-2-1-3-13(8-12)15(17)19/h1-8,18H,9-10H2,(H2,17,19). The van der Waals surface area contributed by atoms with Gasteiger partial charge in [-0.1, -0.05) is 35.9 Å². The molecule has 0 aliphatic heterocycles. The van der Waals surface area contributed by atoms with Gasteiger partial charge in [-0.2, -0.15) is 0 Å². The summed E-state index contributed by atoms with van der Waals surface area (Å²) in [6.07, 6.45) is 0. The van der Waals surface area contributed by atoms with Crippen molar-refractivity contribution in [3.05, 3.63) is 70.2 Å². The molecule has 0 saturated carbocycles. The zero-order chi connectivity index (χ0) is 13.7. The normalized spacial score (nSPS) is 10.4. The summed E-state index contributed by atoms with van der Waals surface area (Å²) in [5.74, 6) is -0.403. The van der Waals surface area contributed by atoms with Crippen molar-refractivity contribution in [3.8, 4) is 0 Å². The second-order valence-electron chi connectivity index (χ2n) is 4.29. The van der Waals surface area contributed by atoms with Crippen molar-refractivity contribution < 1.29 is 4.79 Å². The molecule has 3 N–H and O–H groups in total. The van der Waals surface area contributed by atoms with Crippen molar-refractivity contribution in [2.75, 3.05) is 0 Å². The molecule has 0 spiro atoms. The zero-order valence-corrected chi connectivity index (χ0v) is 11.2. The van der Waals surface area contributed by atoms with Gasteiger partial charge in [0.15, 0.2) is 0 Å². The van der Waals surface area contributed by atoms with E-state index in [2.05, 4.69) is 5.32 Å². The molecule has 3 nitrogen and oxygen atoms in total. The first-order valence-corrected chi connectivity index (χ1v) is 6.37. The van der Waals surface area contributed by atoms with E-state index in [1.165, 1.54) is 0 Å². The van der Waals surface area contributed by atoms with Crippen LogP contribution in [0, 0.1) is 0 Å². The molecule has 0 bridgehead atoms. The summed E-state index contributed by atoms with van der Waals surface area (Å²) >= 11 is 5.82. The number of carbonyl (C=O) groups excluding carboxylic acids is 1. The molecule has 0 saturated heterocycles. The molecular weight excluding hydrogens is 260 g/mol. The quantitative estimate of drug-likeness (QED) is 0.881. The molecular formula is C15H15ClN2O. The SMILES string of the molecule is NC(=O)c1cccc(CNCc2ccc(Cl)cc2)c1. The molecule has 0 radical (unpaired) electrons. The zero-order valence-electron chi connectivity index (χ0n) is 10.4. The largest absolute Gasteiger partial charge is 0.366 e. The van der Waals surface area contributed by atoms with Crippen molar-refractivity contribution in [1.29, 1.82) is 0 Å². The van der Waals surface area contributed by atoms with Gasteiger partial charge in [-0.25, -0.2) is 0 Å². The number of nitrogens with one attached hydrogen (secondary N) is 1. The topological polar surface area (TPSA) is 55.1 Å². The summed E-state index contributed by atoms with van der Waals surface area (Å²) in [6, 6.07) is 15.0. The fraction of sp³-hybridized carbons (Fsp3) is 0.133. The van der Waals surface area contributed by atoms with Crippen molar-refractivity contribution in [2.45, 2.75) is 13.1 Å². The Kier molecular flexibility index (Phi) is 4.55. The molecule has 0 atom stereocenters.